The van der Waals surface area contributed by atoms with Gasteiger partial charge in [-0.2, -0.15) is 0 Å². The summed E-state index contributed by atoms with van der Waals surface area (Å²) in [6.07, 6.45) is -1.45. The Morgan fingerprint density at radius 3 is 2.44 bits per heavy atom. The van der Waals surface area contributed by atoms with Crippen LogP contribution in [0.15, 0.2) is 0 Å². The molecule has 1 spiro atoms. The van der Waals surface area contributed by atoms with Crippen LogP contribution in [0.1, 0.15) is 86.5 Å². The number of ether oxygens (including phenoxy) is 3. The van der Waals surface area contributed by atoms with E-state index >= 15 is 0 Å². The normalized spacial score (nSPS) is 57.2. The molecule has 11 nitrogen and oxygen atoms in total. The molecule has 0 radical (unpaired) electrons. The Labute approximate surface area is 265 Å². The van der Waals surface area contributed by atoms with Crippen LogP contribution in [0.5, 0.6) is 0 Å². The zero-order valence-electron chi connectivity index (χ0n) is 27.5. The molecule has 7 aliphatic rings. The topological polar surface area (TPSA) is 166 Å². The number of aliphatic hydroxyl groups is 5. The van der Waals surface area contributed by atoms with Crippen LogP contribution in [0.4, 0.5) is 0 Å². The van der Waals surface area contributed by atoms with E-state index in [1.54, 1.807) is 13.8 Å². The van der Waals surface area contributed by atoms with Gasteiger partial charge in [-0.25, -0.2) is 0 Å². The van der Waals surface area contributed by atoms with Crippen molar-refractivity contribution in [2.24, 2.45) is 46.8 Å². The summed E-state index contributed by atoms with van der Waals surface area (Å²) in [6.45, 7) is 12.2. The summed E-state index contributed by atoms with van der Waals surface area (Å²) >= 11 is 0. The zero-order chi connectivity index (χ0) is 32.6. The summed E-state index contributed by atoms with van der Waals surface area (Å²) < 4.78 is 18.6. The van der Waals surface area contributed by atoms with E-state index in [4.69, 9.17) is 14.2 Å². The Morgan fingerprint density at radius 1 is 1.07 bits per heavy atom. The Balaban J connectivity index is 1.38. The molecular weight excluding hydrogens is 582 g/mol. The highest BCUT2D eigenvalue weighted by Crippen LogP contribution is 2.77. The van der Waals surface area contributed by atoms with Gasteiger partial charge in [0.25, 0.3) is 0 Å². The van der Waals surface area contributed by atoms with Gasteiger partial charge >= 0.3 is 11.9 Å². The average Bonchev–Trinajstić information content (AvgIpc) is 3.24. The second kappa shape index (κ2) is 10.1. The minimum Gasteiger partial charge on any atom is -0.457 e. The van der Waals surface area contributed by atoms with Gasteiger partial charge in [0, 0.05) is 49.2 Å². The van der Waals surface area contributed by atoms with Crippen LogP contribution in [0.2, 0.25) is 0 Å². The smallest absolute Gasteiger partial charge is 0.309 e. The SMILES string of the molecule is CC[C@@H](C)C(=O)O[C@H]1[C@H](O)[C@H]2[C@@H](CN3C[C@@H](C)CC[C@H]3C2(C)O)[C@@H]2C[C@]34O[C@]5(O)[C@@H](OC(C)=O)CC[C@@]3(C)[C@@H]5C[C@@H](O)[C@H]4[C@@]21O. The van der Waals surface area contributed by atoms with Gasteiger partial charge in [-0.1, -0.05) is 27.7 Å². The lowest BCUT2D eigenvalue weighted by Crippen LogP contribution is -2.77. The minimum atomic E-state index is -1.91. The molecule has 254 valence electrons. The molecule has 0 aromatic carbocycles. The lowest BCUT2D eigenvalue weighted by molar-refractivity contribution is -0.299. The third-order valence-corrected chi connectivity index (χ3v) is 14.3. The van der Waals surface area contributed by atoms with Crippen LogP contribution in [0.25, 0.3) is 0 Å². The molecule has 1 unspecified atom stereocenters. The molecule has 0 aromatic heterocycles. The molecule has 0 amide bonds. The van der Waals surface area contributed by atoms with Crippen molar-refractivity contribution in [1.82, 2.24) is 4.90 Å². The number of hydrogen-bond donors (Lipinski definition) is 5. The predicted molar refractivity (Wildman–Crippen MR) is 159 cm³/mol. The van der Waals surface area contributed by atoms with Crippen molar-refractivity contribution in [1.29, 1.82) is 0 Å². The summed E-state index contributed by atoms with van der Waals surface area (Å²) in [5, 5.41) is 62.1. The third kappa shape index (κ3) is 3.95. The molecule has 3 heterocycles. The molecule has 45 heavy (non-hydrogen) atoms. The highest BCUT2D eigenvalue weighted by atomic mass is 16.7. The first kappa shape index (κ1) is 32.2. The maximum atomic E-state index is 13.4. The number of carbonyl (C=O) groups excluding carboxylic acids is 2. The van der Waals surface area contributed by atoms with Gasteiger partial charge in [0.05, 0.1) is 29.3 Å². The van der Waals surface area contributed by atoms with E-state index in [9.17, 15) is 35.1 Å². The van der Waals surface area contributed by atoms with Crippen molar-refractivity contribution in [3.05, 3.63) is 0 Å². The first-order valence-corrected chi connectivity index (χ1v) is 17.3. The maximum Gasteiger partial charge on any atom is 0.309 e. The maximum absolute atomic E-state index is 13.4. The highest BCUT2D eigenvalue weighted by Gasteiger charge is 2.87. The summed E-state index contributed by atoms with van der Waals surface area (Å²) in [5.41, 5.74) is -5.22. The quantitative estimate of drug-likeness (QED) is 0.283. The molecule has 7 fully saturated rings. The molecular formula is C34H53NO10. The van der Waals surface area contributed by atoms with Crippen LogP contribution < -0.4 is 0 Å². The van der Waals surface area contributed by atoms with Crippen molar-refractivity contribution in [3.63, 3.8) is 0 Å². The van der Waals surface area contributed by atoms with Crippen LogP contribution in [-0.4, -0.2) is 109 Å². The first-order chi connectivity index (χ1) is 21.0. The summed E-state index contributed by atoms with van der Waals surface area (Å²) in [6, 6.07) is -0.191. The van der Waals surface area contributed by atoms with Gasteiger partial charge in [0.1, 0.15) is 5.60 Å². The fourth-order valence-electron chi connectivity index (χ4n) is 12.3. The van der Waals surface area contributed by atoms with Crippen molar-refractivity contribution in [2.45, 2.75) is 140 Å². The van der Waals surface area contributed by atoms with E-state index in [1.165, 1.54) is 6.92 Å². The number of hydrogen-bond acceptors (Lipinski definition) is 11. The second-order valence-corrected chi connectivity index (χ2v) is 16.6. The second-order valence-electron chi connectivity index (χ2n) is 16.6. The first-order valence-electron chi connectivity index (χ1n) is 17.3. The monoisotopic (exact) mass is 635 g/mol. The number of carbonyl (C=O) groups is 2. The number of esters is 2. The largest absolute Gasteiger partial charge is 0.457 e. The molecule has 4 aliphatic carbocycles. The van der Waals surface area contributed by atoms with Gasteiger partial charge in [-0.3, -0.25) is 14.5 Å². The van der Waals surface area contributed by atoms with Crippen molar-refractivity contribution >= 4 is 11.9 Å². The number of fused-ring (bicyclic) bond motifs is 5. The van der Waals surface area contributed by atoms with Crippen LogP contribution >= 0.6 is 0 Å². The van der Waals surface area contributed by atoms with E-state index in [2.05, 4.69) is 11.8 Å². The van der Waals surface area contributed by atoms with E-state index in [0.29, 0.717) is 31.7 Å². The molecule has 4 saturated carbocycles. The molecule has 4 bridgehead atoms. The minimum absolute atomic E-state index is 0.0891. The van der Waals surface area contributed by atoms with E-state index in [1.807, 2.05) is 13.8 Å². The number of piperidine rings is 2. The van der Waals surface area contributed by atoms with E-state index in [-0.39, 0.29) is 18.9 Å². The number of nitrogens with zero attached hydrogens (tertiary/aromatic N) is 1. The van der Waals surface area contributed by atoms with Gasteiger partial charge in [0.2, 0.25) is 5.79 Å². The molecule has 5 N–H and O–H groups in total. The lowest BCUT2D eigenvalue weighted by atomic mass is 9.49. The molecule has 0 aromatic rings. The van der Waals surface area contributed by atoms with Crippen molar-refractivity contribution in [2.75, 3.05) is 13.1 Å². The fourth-order valence-corrected chi connectivity index (χ4v) is 12.3. The summed E-state index contributed by atoms with van der Waals surface area (Å²) in [4.78, 5) is 27.8. The third-order valence-electron chi connectivity index (χ3n) is 14.3. The number of aliphatic hydroxyl groups excluding tert-OH is 2. The standard InChI is InChI=1S/C34H53NO10/c1-7-17(3)29(39)44-28-26(38)25-19(15-35-14-16(2)8-9-23(35)31(25,6)40)20-13-32-27(33(20,28)41)21(37)12-22-30(32,5)11-10-24(43-18(4)36)34(22,42)45-32/h16-17,19-28,37-38,40-42H,7-15H2,1-6H3/t16-,17+,19-,20-,21+,22-,23-,24-,25+,26+,27+,28-,30-,31?,32+,33-,34-/m0/s1. The Morgan fingerprint density at radius 2 is 1.78 bits per heavy atom. The average molecular weight is 636 g/mol. The zero-order valence-corrected chi connectivity index (χ0v) is 27.5. The molecule has 11 heteroatoms. The van der Waals surface area contributed by atoms with Crippen molar-refractivity contribution in [3.8, 4) is 0 Å². The molecule has 3 saturated heterocycles. The molecule has 7 rings (SSSR count). The molecule has 3 aliphatic heterocycles. The molecule has 17 atom stereocenters. The van der Waals surface area contributed by atoms with Crippen LogP contribution in [-0.2, 0) is 23.8 Å². The Bertz CT molecular complexity index is 1250. The van der Waals surface area contributed by atoms with Gasteiger partial charge in [-0.15, -0.1) is 0 Å². The van der Waals surface area contributed by atoms with E-state index < -0.39 is 99.9 Å². The predicted octanol–water partition coefficient (Wildman–Crippen LogP) is 1.35. The van der Waals surface area contributed by atoms with Gasteiger partial charge in [0.15, 0.2) is 12.2 Å². The number of rotatable bonds is 4. The lowest BCUT2D eigenvalue weighted by Gasteiger charge is -2.64. The summed E-state index contributed by atoms with van der Waals surface area (Å²) in [5.74, 6) is -6.32. The highest BCUT2D eigenvalue weighted by molar-refractivity contribution is 5.72. The van der Waals surface area contributed by atoms with Gasteiger partial charge < -0.3 is 39.7 Å². The van der Waals surface area contributed by atoms with Gasteiger partial charge in [-0.05, 0) is 69.6 Å². The Hall–Kier alpha value is -1.34. The fraction of sp³-hybridized carbons (Fsp3) is 0.941. The van der Waals surface area contributed by atoms with Crippen molar-refractivity contribution < 1.29 is 49.3 Å². The van der Waals surface area contributed by atoms with Crippen LogP contribution in [0.3, 0.4) is 0 Å². The van der Waals surface area contributed by atoms with E-state index in [0.717, 1.165) is 19.4 Å². The summed E-state index contributed by atoms with van der Waals surface area (Å²) in [7, 11) is 0. The van der Waals surface area contributed by atoms with Crippen LogP contribution in [0, 0.1) is 46.8 Å². The Kier molecular flexibility index (Phi) is 7.22.